The summed E-state index contributed by atoms with van der Waals surface area (Å²) in [6.45, 7) is 0. The topological polar surface area (TPSA) is 41.1 Å². The lowest BCUT2D eigenvalue weighted by Gasteiger charge is -2.10. The quantitative estimate of drug-likeness (QED) is 0.897. The van der Waals surface area contributed by atoms with E-state index < -0.39 is 5.82 Å². The maximum absolute atomic E-state index is 12.9. The second kappa shape index (κ2) is 5.71. The highest BCUT2D eigenvalue weighted by Crippen LogP contribution is 2.24. The summed E-state index contributed by atoms with van der Waals surface area (Å²) in [7, 11) is 1.73. The molecule has 98 valence electrons. The van der Waals surface area contributed by atoms with Gasteiger partial charge in [0.25, 0.3) is 5.91 Å². The predicted molar refractivity (Wildman–Crippen MR) is 75.4 cm³/mol. The Morgan fingerprint density at radius 1 is 1.16 bits per heavy atom. The Morgan fingerprint density at radius 2 is 1.89 bits per heavy atom. The largest absolute Gasteiger partial charge is 0.387 e. The van der Waals surface area contributed by atoms with Gasteiger partial charge >= 0.3 is 0 Å². The van der Waals surface area contributed by atoms with Gasteiger partial charge in [0.1, 0.15) is 5.82 Å². The number of benzene rings is 2. The molecule has 0 saturated heterocycles. The molecule has 5 heteroatoms. The van der Waals surface area contributed by atoms with Gasteiger partial charge in [-0.05, 0) is 30.3 Å². The van der Waals surface area contributed by atoms with Crippen molar-refractivity contribution in [3.63, 3.8) is 0 Å². The first-order chi connectivity index (χ1) is 9.11. The van der Waals surface area contributed by atoms with Crippen LogP contribution < -0.4 is 10.6 Å². The average molecular weight is 279 g/mol. The molecule has 0 heterocycles. The number of anilines is 2. The van der Waals surface area contributed by atoms with Crippen molar-refractivity contribution >= 4 is 28.9 Å². The number of para-hydroxylation sites is 1. The van der Waals surface area contributed by atoms with Gasteiger partial charge in [-0.25, -0.2) is 4.39 Å². The SMILES string of the molecule is CNc1ccccc1C(=O)Nc1ccc(F)cc1Cl. The predicted octanol–water partition coefficient (Wildman–Crippen LogP) is 3.77. The van der Waals surface area contributed by atoms with Crippen LogP contribution in [-0.4, -0.2) is 13.0 Å². The Morgan fingerprint density at radius 3 is 2.58 bits per heavy atom. The van der Waals surface area contributed by atoms with Gasteiger partial charge in [0, 0.05) is 12.7 Å². The molecule has 0 aliphatic heterocycles. The number of hydrogen-bond acceptors (Lipinski definition) is 2. The minimum absolute atomic E-state index is 0.162. The number of hydrogen-bond donors (Lipinski definition) is 2. The van der Waals surface area contributed by atoms with Crippen LogP contribution in [0.15, 0.2) is 42.5 Å². The average Bonchev–Trinajstić information content (AvgIpc) is 2.41. The summed E-state index contributed by atoms with van der Waals surface area (Å²) in [5.74, 6) is -0.753. The van der Waals surface area contributed by atoms with E-state index >= 15 is 0 Å². The fourth-order valence-electron chi connectivity index (χ4n) is 1.68. The highest BCUT2D eigenvalue weighted by Gasteiger charge is 2.12. The van der Waals surface area contributed by atoms with E-state index in [2.05, 4.69) is 10.6 Å². The second-order valence-electron chi connectivity index (χ2n) is 3.87. The molecule has 0 atom stereocenters. The summed E-state index contributed by atoms with van der Waals surface area (Å²) >= 11 is 5.86. The molecule has 2 aromatic carbocycles. The standard InChI is InChI=1S/C14H12ClFN2O/c1-17-12-5-3-2-4-10(12)14(19)18-13-7-6-9(16)8-11(13)15/h2-8,17H,1H3,(H,18,19). The molecule has 2 aromatic rings. The van der Waals surface area contributed by atoms with Crippen molar-refractivity contribution in [1.82, 2.24) is 0 Å². The zero-order valence-corrected chi connectivity index (χ0v) is 11.0. The first-order valence-corrected chi connectivity index (χ1v) is 6.03. The monoisotopic (exact) mass is 278 g/mol. The summed E-state index contributed by atoms with van der Waals surface area (Å²) in [6.07, 6.45) is 0. The summed E-state index contributed by atoms with van der Waals surface area (Å²) in [4.78, 5) is 12.1. The minimum atomic E-state index is -0.446. The van der Waals surface area contributed by atoms with Crippen LogP contribution in [0.5, 0.6) is 0 Å². The molecule has 2 N–H and O–H groups in total. The lowest BCUT2D eigenvalue weighted by Crippen LogP contribution is -2.14. The molecule has 0 aromatic heterocycles. The molecule has 0 saturated carbocycles. The van der Waals surface area contributed by atoms with E-state index in [-0.39, 0.29) is 10.9 Å². The third-order valence-corrected chi connectivity index (χ3v) is 2.93. The highest BCUT2D eigenvalue weighted by atomic mass is 35.5. The van der Waals surface area contributed by atoms with Gasteiger partial charge in [-0.2, -0.15) is 0 Å². The third-order valence-electron chi connectivity index (χ3n) is 2.62. The number of carbonyl (C=O) groups is 1. The van der Waals surface area contributed by atoms with Crippen molar-refractivity contribution in [2.45, 2.75) is 0 Å². The highest BCUT2D eigenvalue weighted by molar-refractivity contribution is 6.34. The maximum atomic E-state index is 12.9. The fraction of sp³-hybridized carbons (Fsp3) is 0.0714. The molecule has 3 nitrogen and oxygen atoms in total. The first kappa shape index (κ1) is 13.4. The summed E-state index contributed by atoms with van der Waals surface area (Å²) in [5.41, 5.74) is 1.57. The molecular formula is C14H12ClFN2O. The molecule has 0 bridgehead atoms. The van der Waals surface area contributed by atoms with E-state index in [1.807, 2.05) is 6.07 Å². The van der Waals surface area contributed by atoms with Crippen LogP contribution in [0.4, 0.5) is 15.8 Å². The van der Waals surface area contributed by atoms with Crippen LogP contribution in [-0.2, 0) is 0 Å². The number of rotatable bonds is 3. The molecule has 0 aliphatic carbocycles. The van der Waals surface area contributed by atoms with E-state index in [1.54, 1.807) is 25.2 Å². The zero-order chi connectivity index (χ0) is 13.8. The van der Waals surface area contributed by atoms with Crippen LogP contribution in [0.25, 0.3) is 0 Å². The Balaban J connectivity index is 2.26. The normalized spacial score (nSPS) is 10.1. The van der Waals surface area contributed by atoms with E-state index in [4.69, 9.17) is 11.6 Å². The van der Waals surface area contributed by atoms with Gasteiger partial charge in [0.05, 0.1) is 16.3 Å². The van der Waals surface area contributed by atoms with Gasteiger partial charge in [-0.15, -0.1) is 0 Å². The Bertz CT molecular complexity index is 616. The Labute approximate surface area is 115 Å². The molecule has 0 radical (unpaired) electrons. The molecule has 19 heavy (non-hydrogen) atoms. The van der Waals surface area contributed by atoms with Crippen LogP contribution >= 0.6 is 11.6 Å². The van der Waals surface area contributed by atoms with Crippen LogP contribution in [0, 0.1) is 5.82 Å². The number of carbonyl (C=O) groups excluding carboxylic acids is 1. The second-order valence-corrected chi connectivity index (χ2v) is 4.28. The van der Waals surface area contributed by atoms with Crippen molar-refractivity contribution in [3.8, 4) is 0 Å². The van der Waals surface area contributed by atoms with E-state index in [1.165, 1.54) is 12.1 Å². The molecule has 0 aliphatic rings. The Hall–Kier alpha value is -2.07. The molecule has 1 amide bonds. The van der Waals surface area contributed by atoms with Crippen molar-refractivity contribution < 1.29 is 9.18 Å². The summed E-state index contributed by atoms with van der Waals surface area (Å²) in [6, 6.07) is 10.9. The van der Waals surface area contributed by atoms with Gasteiger partial charge < -0.3 is 10.6 Å². The van der Waals surface area contributed by atoms with Crippen LogP contribution in [0.3, 0.4) is 0 Å². The van der Waals surface area contributed by atoms with Gasteiger partial charge in [-0.1, -0.05) is 23.7 Å². The lowest BCUT2D eigenvalue weighted by atomic mass is 10.1. The molecule has 0 spiro atoms. The first-order valence-electron chi connectivity index (χ1n) is 5.65. The zero-order valence-electron chi connectivity index (χ0n) is 10.2. The smallest absolute Gasteiger partial charge is 0.257 e. The van der Waals surface area contributed by atoms with E-state index in [0.717, 1.165) is 6.07 Å². The van der Waals surface area contributed by atoms with E-state index in [0.29, 0.717) is 16.9 Å². The van der Waals surface area contributed by atoms with Crippen molar-refractivity contribution in [2.24, 2.45) is 0 Å². The van der Waals surface area contributed by atoms with E-state index in [9.17, 15) is 9.18 Å². The molecule has 0 unspecified atom stereocenters. The summed E-state index contributed by atoms with van der Waals surface area (Å²) < 4.78 is 12.9. The van der Waals surface area contributed by atoms with Gasteiger partial charge in [-0.3, -0.25) is 4.79 Å². The molecular weight excluding hydrogens is 267 g/mol. The van der Waals surface area contributed by atoms with Crippen molar-refractivity contribution in [3.05, 3.63) is 58.9 Å². The maximum Gasteiger partial charge on any atom is 0.257 e. The molecule has 0 fully saturated rings. The van der Waals surface area contributed by atoms with Crippen LogP contribution in [0.2, 0.25) is 5.02 Å². The number of halogens is 2. The third kappa shape index (κ3) is 3.03. The number of nitrogens with one attached hydrogen (secondary N) is 2. The summed E-state index contributed by atoms with van der Waals surface area (Å²) in [5, 5.41) is 5.75. The van der Waals surface area contributed by atoms with Crippen LogP contribution in [0.1, 0.15) is 10.4 Å². The Kier molecular flexibility index (Phi) is 4.02. The van der Waals surface area contributed by atoms with Gasteiger partial charge in [0.2, 0.25) is 0 Å². The molecule has 2 rings (SSSR count). The fourth-order valence-corrected chi connectivity index (χ4v) is 1.89. The van der Waals surface area contributed by atoms with Gasteiger partial charge in [0.15, 0.2) is 0 Å². The van der Waals surface area contributed by atoms with Crippen molar-refractivity contribution in [1.29, 1.82) is 0 Å². The van der Waals surface area contributed by atoms with Crippen molar-refractivity contribution in [2.75, 3.05) is 17.7 Å². The minimum Gasteiger partial charge on any atom is -0.387 e. The number of amides is 1. The lowest BCUT2D eigenvalue weighted by molar-refractivity contribution is 0.102.